The van der Waals surface area contributed by atoms with Gasteiger partial charge in [-0.25, -0.2) is 8.42 Å². The first-order chi connectivity index (χ1) is 15.4. The van der Waals surface area contributed by atoms with Gasteiger partial charge in [0.25, 0.3) is 11.8 Å². The van der Waals surface area contributed by atoms with Gasteiger partial charge in [0.15, 0.2) is 0 Å². The molecule has 0 bridgehead atoms. The largest absolute Gasteiger partial charge is 0.335 e. The standard InChI is InChI=1S/C23H26ClN3O4S/c24-19-10-8-18(9-11-19)22(28)25-14-16-26(17-15-25)23(29)20-6-2-3-7-21(20)32(30,31)27-12-4-1-5-13-27/h2-3,6-11H,1,4-5,12-17H2. The molecule has 2 aliphatic rings. The van der Waals surface area contributed by atoms with Gasteiger partial charge in [-0.05, 0) is 49.2 Å². The lowest BCUT2D eigenvalue weighted by Gasteiger charge is -2.35. The van der Waals surface area contributed by atoms with E-state index in [9.17, 15) is 18.0 Å². The molecule has 0 aromatic heterocycles. The first-order valence-electron chi connectivity index (χ1n) is 10.8. The lowest BCUT2D eigenvalue weighted by molar-refractivity contribution is 0.0533. The summed E-state index contributed by atoms with van der Waals surface area (Å²) in [6.45, 7) is 2.42. The summed E-state index contributed by atoms with van der Waals surface area (Å²) in [6.07, 6.45) is 2.68. The molecule has 7 nitrogen and oxygen atoms in total. The van der Waals surface area contributed by atoms with Gasteiger partial charge < -0.3 is 9.80 Å². The zero-order valence-electron chi connectivity index (χ0n) is 17.7. The van der Waals surface area contributed by atoms with Crippen LogP contribution >= 0.6 is 11.6 Å². The monoisotopic (exact) mass is 475 g/mol. The highest BCUT2D eigenvalue weighted by Gasteiger charge is 2.32. The van der Waals surface area contributed by atoms with E-state index in [0.29, 0.717) is 49.9 Å². The molecule has 4 rings (SSSR count). The van der Waals surface area contributed by atoms with E-state index >= 15 is 0 Å². The second-order valence-corrected chi connectivity index (χ2v) is 10.4. The van der Waals surface area contributed by atoms with Gasteiger partial charge in [-0.3, -0.25) is 9.59 Å². The molecule has 2 saturated heterocycles. The van der Waals surface area contributed by atoms with Crippen molar-refractivity contribution < 1.29 is 18.0 Å². The summed E-state index contributed by atoms with van der Waals surface area (Å²) in [4.78, 5) is 29.4. The molecule has 2 aliphatic heterocycles. The number of hydrogen-bond acceptors (Lipinski definition) is 4. The van der Waals surface area contributed by atoms with Crippen molar-refractivity contribution in [2.75, 3.05) is 39.3 Å². The maximum absolute atomic E-state index is 13.3. The Morgan fingerprint density at radius 2 is 1.28 bits per heavy atom. The highest BCUT2D eigenvalue weighted by Crippen LogP contribution is 2.25. The number of carbonyl (C=O) groups is 2. The Morgan fingerprint density at radius 1 is 0.719 bits per heavy atom. The average Bonchev–Trinajstić information content (AvgIpc) is 2.84. The van der Waals surface area contributed by atoms with Gasteiger partial charge in [0.05, 0.1) is 10.5 Å². The first-order valence-corrected chi connectivity index (χ1v) is 12.6. The van der Waals surface area contributed by atoms with Crippen LogP contribution in [0.4, 0.5) is 0 Å². The van der Waals surface area contributed by atoms with Crippen LogP contribution < -0.4 is 0 Å². The van der Waals surface area contributed by atoms with E-state index in [0.717, 1.165) is 19.3 Å². The van der Waals surface area contributed by atoms with E-state index in [1.807, 2.05) is 0 Å². The molecule has 2 heterocycles. The highest BCUT2D eigenvalue weighted by molar-refractivity contribution is 7.89. The Bertz CT molecular complexity index is 1090. The molecular formula is C23H26ClN3O4S. The summed E-state index contributed by atoms with van der Waals surface area (Å²) in [5.41, 5.74) is 0.739. The smallest absolute Gasteiger partial charge is 0.255 e. The summed E-state index contributed by atoms with van der Waals surface area (Å²) in [7, 11) is -3.73. The van der Waals surface area contributed by atoms with Crippen LogP contribution in [0.25, 0.3) is 0 Å². The van der Waals surface area contributed by atoms with Crippen LogP contribution in [0.1, 0.15) is 40.0 Å². The van der Waals surface area contributed by atoms with Crippen LogP contribution in [0.5, 0.6) is 0 Å². The molecule has 0 aliphatic carbocycles. The van der Waals surface area contributed by atoms with Crippen molar-refractivity contribution in [1.82, 2.24) is 14.1 Å². The summed E-state index contributed by atoms with van der Waals surface area (Å²) in [5.74, 6) is -0.429. The quantitative estimate of drug-likeness (QED) is 0.680. The minimum absolute atomic E-state index is 0.0616. The first kappa shape index (κ1) is 22.8. The fraction of sp³-hybridized carbons (Fsp3) is 0.391. The molecule has 0 saturated carbocycles. The van der Waals surface area contributed by atoms with Crippen LogP contribution in [0.3, 0.4) is 0 Å². The molecule has 0 radical (unpaired) electrons. The second-order valence-electron chi connectivity index (χ2n) is 8.05. The van der Waals surface area contributed by atoms with E-state index < -0.39 is 10.0 Å². The lowest BCUT2D eigenvalue weighted by Crippen LogP contribution is -2.50. The van der Waals surface area contributed by atoms with Crippen molar-refractivity contribution >= 4 is 33.4 Å². The normalized spacial score (nSPS) is 17.9. The minimum Gasteiger partial charge on any atom is -0.335 e. The Balaban J connectivity index is 1.47. The van der Waals surface area contributed by atoms with Crippen LogP contribution in [-0.4, -0.2) is 73.6 Å². The number of piperazine rings is 1. The predicted molar refractivity (Wildman–Crippen MR) is 122 cm³/mol. The number of nitrogens with zero attached hydrogens (tertiary/aromatic N) is 3. The third kappa shape index (κ3) is 4.67. The van der Waals surface area contributed by atoms with E-state index in [1.165, 1.54) is 10.4 Å². The zero-order valence-corrected chi connectivity index (χ0v) is 19.3. The molecule has 0 atom stereocenters. The third-order valence-corrected chi connectivity index (χ3v) is 8.20. The molecular weight excluding hydrogens is 450 g/mol. The average molecular weight is 476 g/mol. The van der Waals surface area contributed by atoms with Gasteiger partial charge in [-0.2, -0.15) is 4.31 Å². The molecule has 0 spiro atoms. The minimum atomic E-state index is -3.73. The third-order valence-electron chi connectivity index (χ3n) is 6.00. The van der Waals surface area contributed by atoms with Gasteiger partial charge in [0.2, 0.25) is 10.0 Å². The van der Waals surface area contributed by atoms with E-state index in [2.05, 4.69) is 0 Å². The number of amides is 2. The van der Waals surface area contributed by atoms with Crippen molar-refractivity contribution in [2.24, 2.45) is 0 Å². The molecule has 2 aromatic rings. The molecule has 9 heteroatoms. The Kier molecular flexibility index (Phi) is 6.83. The lowest BCUT2D eigenvalue weighted by atomic mass is 10.1. The van der Waals surface area contributed by atoms with E-state index in [1.54, 1.807) is 52.3 Å². The Hall–Kier alpha value is -2.42. The zero-order chi connectivity index (χ0) is 22.7. The highest BCUT2D eigenvalue weighted by atomic mass is 35.5. The fourth-order valence-electron chi connectivity index (χ4n) is 4.17. The summed E-state index contributed by atoms with van der Waals surface area (Å²) in [5, 5.41) is 0.565. The van der Waals surface area contributed by atoms with Gasteiger partial charge >= 0.3 is 0 Å². The number of carbonyl (C=O) groups excluding carboxylic acids is 2. The van der Waals surface area contributed by atoms with Crippen molar-refractivity contribution in [3.05, 3.63) is 64.7 Å². The number of benzene rings is 2. The van der Waals surface area contributed by atoms with E-state index in [-0.39, 0.29) is 22.3 Å². The van der Waals surface area contributed by atoms with Gasteiger partial charge in [-0.1, -0.05) is 30.2 Å². The molecule has 2 aromatic carbocycles. The number of hydrogen-bond donors (Lipinski definition) is 0. The maximum atomic E-state index is 13.3. The van der Waals surface area contributed by atoms with Crippen molar-refractivity contribution in [3.63, 3.8) is 0 Å². The topological polar surface area (TPSA) is 78.0 Å². The van der Waals surface area contributed by atoms with Crippen molar-refractivity contribution in [3.8, 4) is 0 Å². The van der Waals surface area contributed by atoms with Crippen molar-refractivity contribution in [2.45, 2.75) is 24.2 Å². The SMILES string of the molecule is O=C(c1ccc(Cl)cc1)N1CCN(C(=O)c2ccccc2S(=O)(=O)N2CCCCC2)CC1. The molecule has 32 heavy (non-hydrogen) atoms. The second kappa shape index (κ2) is 9.60. The van der Waals surface area contributed by atoms with E-state index in [4.69, 9.17) is 11.6 Å². The van der Waals surface area contributed by atoms with Crippen LogP contribution in [-0.2, 0) is 10.0 Å². The maximum Gasteiger partial charge on any atom is 0.255 e. The summed E-state index contributed by atoms with van der Waals surface area (Å²) in [6, 6.07) is 13.1. The van der Waals surface area contributed by atoms with Crippen LogP contribution in [0, 0.1) is 0 Å². The molecule has 2 fully saturated rings. The molecule has 0 unspecified atom stereocenters. The number of piperidine rings is 1. The number of sulfonamides is 1. The molecule has 0 N–H and O–H groups in total. The fourth-order valence-corrected chi connectivity index (χ4v) is 6.00. The molecule has 170 valence electrons. The summed E-state index contributed by atoms with van der Waals surface area (Å²) >= 11 is 5.89. The molecule has 2 amide bonds. The Labute approximate surface area is 193 Å². The van der Waals surface area contributed by atoms with Crippen LogP contribution in [0.2, 0.25) is 5.02 Å². The Morgan fingerprint density at radius 3 is 1.91 bits per heavy atom. The predicted octanol–water partition coefficient (Wildman–Crippen LogP) is 3.11. The van der Waals surface area contributed by atoms with Crippen LogP contribution in [0.15, 0.2) is 53.4 Å². The van der Waals surface area contributed by atoms with Crippen molar-refractivity contribution in [1.29, 1.82) is 0 Å². The van der Waals surface area contributed by atoms with Gasteiger partial charge in [0, 0.05) is 49.9 Å². The van der Waals surface area contributed by atoms with Gasteiger partial charge in [0.1, 0.15) is 0 Å². The van der Waals surface area contributed by atoms with Gasteiger partial charge in [-0.15, -0.1) is 0 Å². The number of rotatable bonds is 4. The number of halogens is 1. The summed E-state index contributed by atoms with van der Waals surface area (Å²) < 4.78 is 27.9.